The predicted octanol–water partition coefficient (Wildman–Crippen LogP) is 4.02. The van der Waals surface area contributed by atoms with Crippen molar-refractivity contribution in [1.29, 1.82) is 0 Å². The van der Waals surface area contributed by atoms with Crippen LogP contribution in [0.5, 0.6) is 5.75 Å². The third kappa shape index (κ3) is 5.85. The molecule has 0 saturated heterocycles. The maximum atomic E-state index is 13.3. The van der Waals surface area contributed by atoms with Crippen molar-refractivity contribution in [3.05, 3.63) is 65.2 Å². The fourth-order valence-corrected chi connectivity index (χ4v) is 4.00. The second-order valence-corrected chi connectivity index (χ2v) is 8.20. The van der Waals surface area contributed by atoms with Crippen LogP contribution in [0.1, 0.15) is 49.3 Å². The summed E-state index contributed by atoms with van der Waals surface area (Å²) < 4.78 is 5.23. The zero-order chi connectivity index (χ0) is 21.5. The summed E-state index contributed by atoms with van der Waals surface area (Å²) >= 11 is 0. The highest BCUT2D eigenvalue weighted by Crippen LogP contribution is 2.19. The molecular weight excluding hydrogens is 376 g/mol. The van der Waals surface area contributed by atoms with Crippen LogP contribution in [0.3, 0.4) is 0 Å². The van der Waals surface area contributed by atoms with Crippen LogP contribution >= 0.6 is 0 Å². The van der Waals surface area contributed by atoms with Gasteiger partial charge in [0.2, 0.25) is 11.8 Å². The van der Waals surface area contributed by atoms with Crippen LogP contribution in [0, 0.1) is 6.92 Å². The van der Waals surface area contributed by atoms with Crippen LogP contribution in [0.15, 0.2) is 48.5 Å². The van der Waals surface area contributed by atoms with Gasteiger partial charge >= 0.3 is 0 Å². The van der Waals surface area contributed by atoms with Gasteiger partial charge in [0.1, 0.15) is 11.8 Å². The summed E-state index contributed by atoms with van der Waals surface area (Å²) in [5, 5.41) is 3.14. The summed E-state index contributed by atoms with van der Waals surface area (Å²) in [6, 6.07) is 15.3. The summed E-state index contributed by atoms with van der Waals surface area (Å²) in [6.07, 6.45) is 4.63. The summed E-state index contributed by atoms with van der Waals surface area (Å²) in [4.78, 5) is 27.9. The molecule has 3 rings (SSSR count). The molecule has 1 saturated carbocycles. The third-order valence-electron chi connectivity index (χ3n) is 5.82. The van der Waals surface area contributed by atoms with Crippen molar-refractivity contribution in [1.82, 2.24) is 10.2 Å². The number of amides is 2. The van der Waals surface area contributed by atoms with Gasteiger partial charge in [0.05, 0.1) is 13.5 Å². The van der Waals surface area contributed by atoms with Crippen molar-refractivity contribution in [2.45, 2.75) is 64.6 Å². The zero-order valence-electron chi connectivity index (χ0n) is 18.2. The number of methoxy groups -OCH3 is 1. The Hall–Kier alpha value is -2.82. The van der Waals surface area contributed by atoms with Crippen molar-refractivity contribution >= 4 is 11.8 Å². The number of benzene rings is 2. The third-order valence-corrected chi connectivity index (χ3v) is 5.82. The van der Waals surface area contributed by atoms with Gasteiger partial charge in [-0.15, -0.1) is 0 Å². The molecule has 2 aromatic carbocycles. The highest BCUT2D eigenvalue weighted by Gasteiger charge is 2.28. The number of hydrogen-bond donors (Lipinski definition) is 1. The Morgan fingerprint density at radius 3 is 2.43 bits per heavy atom. The predicted molar refractivity (Wildman–Crippen MR) is 118 cm³/mol. The van der Waals surface area contributed by atoms with E-state index in [0.717, 1.165) is 48.1 Å². The van der Waals surface area contributed by atoms with E-state index in [0.29, 0.717) is 6.54 Å². The molecule has 0 aliphatic heterocycles. The minimum atomic E-state index is -0.537. The van der Waals surface area contributed by atoms with E-state index in [-0.39, 0.29) is 24.3 Å². The minimum absolute atomic E-state index is 0.0505. The number of rotatable bonds is 8. The Kier molecular flexibility index (Phi) is 7.50. The van der Waals surface area contributed by atoms with E-state index in [9.17, 15) is 9.59 Å². The normalized spacial score (nSPS) is 14.9. The Labute approximate surface area is 179 Å². The van der Waals surface area contributed by atoms with E-state index in [2.05, 4.69) is 5.32 Å². The maximum absolute atomic E-state index is 13.3. The fourth-order valence-electron chi connectivity index (χ4n) is 4.00. The topological polar surface area (TPSA) is 58.6 Å². The fraction of sp³-hybridized carbons (Fsp3) is 0.440. The standard InChI is InChI=1S/C25H32N2O3/c1-18-7-6-8-21(15-18)16-24(28)27(17-20-11-13-23(30-3)14-12-20)19(2)25(29)26-22-9-4-5-10-22/h6-8,11-15,19,22H,4-5,9-10,16-17H2,1-3H3,(H,26,29)/t19-/m1/s1. The van der Waals surface area contributed by atoms with Gasteiger partial charge in [0.15, 0.2) is 0 Å². The van der Waals surface area contributed by atoms with Crippen molar-refractivity contribution < 1.29 is 14.3 Å². The molecule has 5 heteroatoms. The molecule has 0 spiro atoms. The van der Waals surface area contributed by atoms with Crippen molar-refractivity contribution in [3.8, 4) is 5.75 Å². The summed E-state index contributed by atoms with van der Waals surface area (Å²) in [5.74, 6) is 0.641. The molecule has 5 nitrogen and oxygen atoms in total. The quantitative estimate of drug-likeness (QED) is 0.718. The number of ether oxygens (including phenoxy) is 1. The molecule has 2 aromatic rings. The van der Waals surface area contributed by atoms with Gasteiger partial charge in [0.25, 0.3) is 0 Å². The smallest absolute Gasteiger partial charge is 0.242 e. The molecule has 160 valence electrons. The Bertz CT molecular complexity index is 857. The lowest BCUT2D eigenvalue weighted by molar-refractivity contribution is -0.140. The number of nitrogens with zero attached hydrogens (tertiary/aromatic N) is 1. The van der Waals surface area contributed by atoms with E-state index in [1.807, 2.05) is 62.4 Å². The number of nitrogens with one attached hydrogen (secondary N) is 1. The van der Waals surface area contributed by atoms with Gasteiger partial charge in [-0.05, 0) is 49.9 Å². The first-order valence-electron chi connectivity index (χ1n) is 10.7. The largest absolute Gasteiger partial charge is 0.497 e. The van der Waals surface area contributed by atoms with Crippen LogP contribution < -0.4 is 10.1 Å². The summed E-state index contributed by atoms with van der Waals surface area (Å²) in [7, 11) is 1.63. The highest BCUT2D eigenvalue weighted by atomic mass is 16.5. The first-order chi connectivity index (χ1) is 14.5. The molecule has 1 atom stereocenters. The zero-order valence-corrected chi connectivity index (χ0v) is 18.2. The second-order valence-electron chi connectivity index (χ2n) is 8.20. The maximum Gasteiger partial charge on any atom is 0.242 e. The average Bonchev–Trinajstić information content (AvgIpc) is 3.25. The lowest BCUT2D eigenvalue weighted by Gasteiger charge is -2.30. The summed E-state index contributed by atoms with van der Waals surface area (Å²) in [6.45, 7) is 4.22. The van der Waals surface area contributed by atoms with E-state index >= 15 is 0 Å². The highest BCUT2D eigenvalue weighted by molar-refractivity contribution is 5.88. The summed E-state index contributed by atoms with van der Waals surface area (Å²) in [5.41, 5.74) is 3.05. The van der Waals surface area contributed by atoms with Crippen molar-refractivity contribution in [3.63, 3.8) is 0 Å². The van der Waals surface area contributed by atoms with Gasteiger partial charge < -0.3 is 15.0 Å². The van der Waals surface area contributed by atoms with Crippen LogP contribution in [0.25, 0.3) is 0 Å². The molecule has 1 aliphatic carbocycles. The van der Waals surface area contributed by atoms with Gasteiger partial charge in [-0.3, -0.25) is 9.59 Å². The second kappa shape index (κ2) is 10.3. The van der Waals surface area contributed by atoms with Crippen molar-refractivity contribution in [2.24, 2.45) is 0 Å². The lowest BCUT2D eigenvalue weighted by atomic mass is 10.1. The number of aryl methyl sites for hydroxylation is 1. The van der Waals surface area contributed by atoms with E-state index in [1.54, 1.807) is 12.0 Å². The molecule has 0 bridgehead atoms. The van der Waals surface area contributed by atoms with E-state index < -0.39 is 6.04 Å². The number of carbonyl (C=O) groups is 2. The first-order valence-corrected chi connectivity index (χ1v) is 10.7. The van der Waals surface area contributed by atoms with E-state index in [1.165, 1.54) is 0 Å². The molecule has 30 heavy (non-hydrogen) atoms. The first kappa shape index (κ1) is 21.9. The molecule has 0 heterocycles. The molecule has 1 N–H and O–H groups in total. The molecule has 0 unspecified atom stereocenters. The molecule has 2 amide bonds. The minimum Gasteiger partial charge on any atom is -0.497 e. The number of hydrogen-bond acceptors (Lipinski definition) is 3. The van der Waals surface area contributed by atoms with Crippen molar-refractivity contribution in [2.75, 3.05) is 7.11 Å². The average molecular weight is 409 g/mol. The molecule has 1 aliphatic rings. The molecule has 0 radical (unpaired) electrons. The molecule has 1 fully saturated rings. The van der Waals surface area contributed by atoms with Crippen LogP contribution in [-0.2, 0) is 22.6 Å². The molecule has 0 aromatic heterocycles. The Balaban J connectivity index is 1.76. The SMILES string of the molecule is COc1ccc(CN(C(=O)Cc2cccc(C)c2)[C@H](C)C(=O)NC2CCCC2)cc1. The van der Waals surface area contributed by atoms with Gasteiger partial charge in [-0.2, -0.15) is 0 Å². The Morgan fingerprint density at radius 2 is 1.80 bits per heavy atom. The molecular formula is C25H32N2O3. The van der Waals surface area contributed by atoms with Gasteiger partial charge in [0, 0.05) is 12.6 Å². The van der Waals surface area contributed by atoms with Crippen LogP contribution in [0.4, 0.5) is 0 Å². The number of carbonyl (C=O) groups excluding carboxylic acids is 2. The Morgan fingerprint density at radius 1 is 1.10 bits per heavy atom. The van der Waals surface area contributed by atoms with Gasteiger partial charge in [-0.1, -0.05) is 54.8 Å². The van der Waals surface area contributed by atoms with Gasteiger partial charge in [-0.25, -0.2) is 0 Å². The monoisotopic (exact) mass is 408 g/mol. The lowest BCUT2D eigenvalue weighted by Crippen LogP contribution is -2.50. The van der Waals surface area contributed by atoms with Crippen LogP contribution in [-0.4, -0.2) is 35.9 Å². The van der Waals surface area contributed by atoms with Crippen LogP contribution in [0.2, 0.25) is 0 Å². The van der Waals surface area contributed by atoms with E-state index in [4.69, 9.17) is 4.74 Å².